The summed E-state index contributed by atoms with van der Waals surface area (Å²) in [5.74, 6) is 0.250. The molecule has 0 aliphatic carbocycles. The van der Waals surface area contributed by atoms with Gasteiger partial charge < -0.3 is 23.5 Å². The molecule has 39 heavy (non-hydrogen) atoms. The molecular formula is C30H35FN2O6. The van der Waals surface area contributed by atoms with Crippen molar-refractivity contribution in [1.82, 2.24) is 9.80 Å². The van der Waals surface area contributed by atoms with Crippen LogP contribution in [0.5, 0.6) is 11.5 Å². The molecule has 1 unspecified atom stereocenters. The Morgan fingerprint density at radius 2 is 1.82 bits per heavy atom. The molecule has 1 amide bonds. The van der Waals surface area contributed by atoms with Gasteiger partial charge in [0.25, 0.3) is 5.91 Å². The molecule has 2 aliphatic heterocycles. The second-order valence-electron chi connectivity index (χ2n) is 9.99. The Morgan fingerprint density at radius 3 is 2.59 bits per heavy atom. The van der Waals surface area contributed by atoms with Gasteiger partial charge >= 0.3 is 0 Å². The third-order valence-electron chi connectivity index (χ3n) is 7.41. The molecule has 8 nitrogen and oxygen atoms in total. The van der Waals surface area contributed by atoms with E-state index in [-0.39, 0.29) is 28.2 Å². The monoisotopic (exact) mass is 538 g/mol. The zero-order valence-corrected chi connectivity index (χ0v) is 22.5. The number of halogens is 1. The number of rotatable bonds is 11. The number of carbonyl (C=O) groups is 1. The van der Waals surface area contributed by atoms with Gasteiger partial charge in [-0.15, -0.1) is 0 Å². The van der Waals surface area contributed by atoms with Crippen LogP contribution in [0.15, 0.2) is 45.6 Å². The van der Waals surface area contributed by atoms with E-state index in [2.05, 4.69) is 11.8 Å². The van der Waals surface area contributed by atoms with Crippen LogP contribution in [-0.2, 0) is 4.74 Å². The Kier molecular flexibility index (Phi) is 8.47. The van der Waals surface area contributed by atoms with Crippen molar-refractivity contribution < 1.29 is 27.8 Å². The number of fused-ring (bicyclic) bond motifs is 2. The van der Waals surface area contributed by atoms with Gasteiger partial charge in [0.15, 0.2) is 16.9 Å². The minimum atomic E-state index is -0.691. The molecule has 5 rings (SSSR count). The van der Waals surface area contributed by atoms with Gasteiger partial charge in [-0.05, 0) is 48.7 Å². The van der Waals surface area contributed by atoms with E-state index in [9.17, 15) is 14.0 Å². The molecule has 0 spiro atoms. The molecule has 0 radical (unpaired) electrons. The summed E-state index contributed by atoms with van der Waals surface area (Å²) in [6, 6.07) is 8.57. The van der Waals surface area contributed by atoms with E-state index in [4.69, 9.17) is 18.6 Å². The maximum absolute atomic E-state index is 14.1. The summed E-state index contributed by atoms with van der Waals surface area (Å²) in [6.07, 6.45) is 3.82. The van der Waals surface area contributed by atoms with Crippen molar-refractivity contribution in [3.05, 3.63) is 69.3 Å². The molecule has 0 saturated carbocycles. The lowest BCUT2D eigenvalue weighted by Crippen LogP contribution is -2.38. The summed E-state index contributed by atoms with van der Waals surface area (Å²) in [4.78, 5) is 31.4. The average Bonchev–Trinajstić information content (AvgIpc) is 3.23. The lowest BCUT2D eigenvalue weighted by molar-refractivity contribution is 0.0353. The summed E-state index contributed by atoms with van der Waals surface area (Å²) >= 11 is 0. The first-order valence-corrected chi connectivity index (χ1v) is 13.7. The zero-order chi connectivity index (χ0) is 27.4. The van der Waals surface area contributed by atoms with Gasteiger partial charge in [-0.3, -0.25) is 14.5 Å². The summed E-state index contributed by atoms with van der Waals surface area (Å²) in [5, 5.41) is 0.115. The van der Waals surface area contributed by atoms with Crippen molar-refractivity contribution in [1.29, 1.82) is 0 Å². The maximum atomic E-state index is 14.1. The average molecular weight is 539 g/mol. The highest BCUT2D eigenvalue weighted by atomic mass is 19.1. The highest BCUT2D eigenvalue weighted by Gasteiger charge is 2.42. The van der Waals surface area contributed by atoms with Crippen LogP contribution in [0.3, 0.4) is 0 Å². The second kappa shape index (κ2) is 12.2. The van der Waals surface area contributed by atoms with Crippen molar-refractivity contribution in [2.45, 2.75) is 38.6 Å². The number of ether oxygens (including phenoxy) is 3. The standard InChI is InChI=1S/C30H35FN2O6/c1-3-4-5-15-38-24-9-7-20(18-25(24)36-2)27-26-28(34)22-19-21(31)8-10-23(22)39-29(26)30(35)33(27)12-6-11-32-13-16-37-17-14-32/h7-10,18-19,27H,3-6,11-17H2,1-2H3. The first-order valence-electron chi connectivity index (χ1n) is 13.7. The number of hydrogen-bond acceptors (Lipinski definition) is 7. The predicted molar refractivity (Wildman–Crippen MR) is 145 cm³/mol. The van der Waals surface area contributed by atoms with Gasteiger partial charge in [0, 0.05) is 26.2 Å². The topological polar surface area (TPSA) is 81.5 Å². The van der Waals surface area contributed by atoms with Crippen LogP contribution >= 0.6 is 0 Å². The Hall–Kier alpha value is -3.43. The van der Waals surface area contributed by atoms with Crippen LogP contribution < -0.4 is 14.9 Å². The van der Waals surface area contributed by atoms with E-state index in [1.165, 1.54) is 12.1 Å². The number of benzene rings is 2. The molecule has 1 saturated heterocycles. The van der Waals surface area contributed by atoms with Crippen LogP contribution in [0.2, 0.25) is 0 Å². The van der Waals surface area contributed by atoms with Crippen LogP contribution in [0.25, 0.3) is 11.0 Å². The predicted octanol–water partition coefficient (Wildman–Crippen LogP) is 4.78. The smallest absolute Gasteiger partial charge is 0.290 e. The third-order valence-corrected chi connectivity index (χ3v) is 7.41. The van der Waals surface area contributed by atoms with E-state index < -0.39 is 17.3 Å². The molecule has 208 valence electrons. The van der Waals surface area contributed by atoms with Crippen molar-refractivity contribution in [3.8, 4) is 11.5 Å². The number of carbonyl (C=O) groups excluding carboxylic acids is 1. The van der Waals surface area contributed by atoms with Crippen LogP contribution in [0, 0.1) is 5.82 Å². The second-order valence-corrected chi connectivity index (χ2v) is 9.99. The number of unbranched alkanes of at least 4 members (excludes halogenated alkanes) is 2. The molecule has 3 aromatic rings. The Labute approximate surface area is 227 Å². The summed E-state index contributed by atoms with van der Waals surface area (Å²) in [6.45, 7) is 7.04. The molecule has 2 aliphatic rings. The van der Waals surface area contributed by atoms with Crippen molar-refractivity contribution in [2.24, 2.45) is 0 Å². The Bertz CT molecular complexity index is 1380. The SMILES string of the molecule is CCCCCOc1ccc(C2c3c(oc4ccc(F)cc4c3=O)C(=O)N2CCCN2CCOCC2)cc1OC. The minimum absolute atomic E-state index is 0.00865. The Balaban J connectivity index is 1.50. The van der Waals surface area contributed by atoms with E-state index in [0.29, 0.717) is 49.8 Å². The summed E-state index contributed by atoms with van der Waals surface area (Å²) in [7, 11) is 1.57. The van der Waals surface area contributed by atoms with Gasteiger partial charge in [-0.1, -0.05) is 25.8 Å². The summed E-state index contributed by atoms with van der Waals surface area (Å²) in [5.41, 5.74) is 0.715. The van der Waals surface area contributed by atoms with Gasteiger partial charge in [-0.2, -0.15) is 0 Å². The molecule has 1 fully saturated rings. The van der Waals surface area contributed by atoms with E-state index in [1.807, 2.05) is 18.2 Å². The molecular weight excluding hydrogens is 503 g/mol. The largest absolute Gasteiger partial charge is 0.493 e. The lowest BCUT2D eigenvalue weighted by Gasteiger charge is -2.29. The van der Waals surface area contributed by atoms with E-state index >= 15 is 0 Å². The maximum Gasteiger partial charge on any atom is 0.290 e. The fourth-order valence-electron chi connectivity index (χ4n) is 5.37. The first-order chi connectivity index (χ1) is 19.0. The fourth-order valence-corrected chi connectivity index (χ4v) is 5.37. The van der Waals surface area contributed by atoms with Crippen LogP contribution in [0.1, 0.15) is 60.3 Å². The first kappa shape index (κ1) is 27.1. The Morgan fingerprint density at radius 1 is 1.00 bits per heavy atom. The van der Waals surface area contributed by atoms with Gasteiger partial charge in [0.1, 0.15) is 11.4 Å². The quantitative estimate of drug-likeness (QED) is 0.325. The van der Waals surface area contributed by atoms with Gasteiger partial charge in [0.2, 0.25) is 5.76 Å². The summed E-state index contributed by atoms with van der Waals surface area (Å²) < 4.78 is 37.0. The number of nitrogens with zero attached hydrogens (tertiary/aromatic N) is 2. The van der Waals surface area contributed by atoms with Gasteiger partial charge in [0.05, 0.1) is 43.9 Å². The van der Waals surface area contributed by atoms with Gasteiger partial charge in [-0.25, -0.2) is 4.39 Å². The van der Waals surface area contributed by atoms with Crippen molar-refractivity contribution >= 4 is 16.9 Å². The number of amides is 1. The third kappa shape index (κ3) is 5.65. The molecule has 1 atom stereocenters. The minimum Gasteiger partial charge on any atom is -0.493 e. The lowest BCUT2D eigenvalue weighted by atomic mass is 9.98. The highest BCUT2D eigenvalue weighted by Crippen LogP contribution is 2.41. The zero-order valence-electron chi connectivity index (χ0n) is 22.5. The molecule has 9 heteroatoms. The van der Waals surface area contributed by atoms with Crippen molar-refractivity contribution in [2.75, 3.05) is 53.1 Å². The molecule has 3 heterocycles. The van der Waals surface area contributed by atoms with Crippen molar-refractivity contribution in [3.63, 3.8) is 0 Å². The van der Waals surface area contributed by atoms with Crippen LogP contribution in [-0.4, -0.2) is 68.8 Å². The fraction of sp³-hybridized carbons (Fsp3) is 0.467. The number of methoxy groups -OCH3 is 1. The normalized spacial score (nSPS) is 17.6. The molecule has 0 N–H and O–H groups in total. The van der Waals surface area contributed by atoms with E-state index in [0.717, 1.165) is 45.0 Å². The van der Waals surface area contributed by atoms with E-state index in [1.54, 1.807) is 12.0 Å². The molecule has 2 aromatic carbocycles. The molecule has 0 bridgehead atoms. The highest BCUT2D eigenvalue weighted by molar-refractivity contribution is 5.99. The van der Waals surface area contributed by atoms with Crippen LogP contribution in [0.4, 0.5) is 4.39 Å². The number of hydrogen-bond donors (Lipinski definition) is 0. The number of morpholine rings is 1. The molecule has 1 aromatic heterocycles.